The number of nitrogens with two attached hydrogens (primary N) is 2. The van der Waals surface area contributed by atoms with E-state index >= 15 is 0 Å². The van der Waals surface area contributed by atoms with Crippen LogP contribution in [0.4, 0.5) is 11.5 Å². The van der Waals surface area contributed by atoms with Gasteiger partial charge in [-0.15, -0.1) is 11.3 Å². The Kier molecular flexibility index (Phi) is 3.90. The van der Waals surface area contributed by atoms with Crippen molar-refractivity contribution in [3.05, 3.63) is 28.0 Å². The van der Waals surface area contributed by atoms with Gasteiger partial charge in [0, 0.05) is 10.4 Å². The number of aromatic nitrogens is 1. The maximum Gasteiger partial charge on any atom is 0.350 e. The summed E-state index contributed by atoms with van der Waals surface area (Å²) in [5, 5.41) is 12.0. The smallest absolute Gasteiger partial charge is 0.350 e. The zero-order valence-corrected chi connectivity index (χ0v) is 13.8. The highest BCUT2D eigenvalue weighted by Crippen LogP contribution is 2.42. The van der Waals surface area contributed by atoms with E-state index in [0.717, 1.165) is 4.88 Å². The van der Waals surface area contributed by atoms with E-state index < -0.39 is 5.97 Å². The molecule has 0 bridgehead atoms. The van der Waals surface area contributed by atoms with Crippen LogP contribution in [0.25, 0.3) is 20.7 Å². The van der Waals surface area contributed by atoms with Crippen molar-refractivity contribution in [3.63, 3.8) is 0 Å². The van der Waals surface area contributed by atoms with Crippen LogP contribution in [0.15, 0.2) is 17.5 Å². The van der Waals surface area contributed by atoms with Gasteiger partial charge in [-0.1, -0.05) is 17.4 Å². The van der Waals surface area contributed by atoms with E-state index in [2.05, 4.69) is 11.1 Å². The zero-order valence-electron chi connectivity index (χ0n) is 12.2. The van der Waals surface area contributed by atoms with Crippen molar-refractivity contribution in [2.75, 3.05) is 18.1 Å². The quantitative estimate of drug-likeness (QED) is 0.708. The van der Waals surface area contributed by atoms with Gasteiger partial charge in [0.05, 0.1) is 17.7 Å². The number of ether oxygens (including phenoxy) is 1. The van der Waals surface area contributed by atoms with Crippen LogP contribution < -0.4 is 16.5 Å². The fourth-order valence-corrected chi connectivity index (χ4v) is 4.17. The Hall–Kier alpha value is -2.63. The van der Waals surface area contributed by atoms with Crippen LogP contribution in [0.5, 0.6) is 0 Å². The lowest BCUT2D eigenvalue weighted by Crippen LogP contribution is -2.13. The van der Waals surface area contributed by atoms with Crippen LogP contribution in [-0.4, -0.2) is 12.6 Å². The zero-order chi connectivity index (χ0) is 16.6. The minimum atomic E-state index is -0.478. The molecule has 3 rings (SSSR count). The highest BCUT2D eigenvalue weighted by molar-refractivity contribution is 7.21. The van der Waals surface area contributed by atoms with Gasteiger partial charge in [0.1, 0.15) is 10.9 Å². The molecule has 116 valence electrons. The first-order valence-electron chi connectivity index (χ1n) is 6.76. The molecule has 0 saturated carbocycles. The second kappa shape index (κ2) is 5.87. The Morgan fingerprint density at radius 1 is 1.48 bits per heavy atom. The van der Waals surface area contributed by atoms with Crippen LogP contribution in [-0.2, 0) is 4.74 Å². The van der Waals surface area contributed by atoms with E-state index in [1.54, 1.807) is 6.92 Å². The largest absolute Gasteiger partial charge is 0.462 e. The number of H-pyrrole nitrogens is 1. The fourth-order valence-electron chi connectivity index (χ4n) is 2.36. The third-order valence-corrected chi connectivity index (χ3v) is 5.29. The molecule has 0 amide bonds. The summed E-state index contributed by atoms with van der Waals surface area (Å²) in [6.45, 7) is 2.00. The molecule has 0 aliphatic rings. The van der Waals surface area contributed by atoms with Gasteiger partial charge >= 0.3 is 5.97 Å². The molecule has 0 spiro atoms. The van der Waals surface area contributed by atoms with Crippen LogP contribution in [0.3, 0.4) is 0 Å². The molecule has 3 aromatic heterocycles. The third kappa shape index (κ3) is 2.40. The molecule has 3 heterocycles. The molecule has 0 radical (unpaired) electrons. The second-order valence-electron chi connectivity index (χ2n) is 4.65. The Balaban J connectivity index is 2.39. The maximum absolute atomic E-state index is 12.1. The minimum absolute atomic E-state index is 0.250. The van der Waals surface area contributed by atoms with E-state index in [9.17, 15) is 10.1 Å². The van der Waals surface area contributed by atoms with Crippen LogP contribution in [0, 0.1) is 11.3 Å². The highest BCUT2D eigenvalue weighted by Gasteiger charge is 2.27. The molecule has 0 fully saturated rings. The molecule has 23 heavy (non-hydrogen) atoms. The minimum Gasteiger partial charge on any atom is -0.462 e. The topological polar surface area (TPSA) is 116 Å². The predicted octanol–water partition coefficient (Wildman–Crippen LogP) is 2.66. The molecule has 0 aromatic carbocycles. The number of nitrogens with one attached hydrogen (secondary N) is 1. The van der Waals surface area contributed by atoms with E-state index in [0.29, 0.717) is 31.9 Å². The summed E-state index contributed by atoms with van der Waals surface area (Å²) in [7, 11) is 0. The number of pyridine rings is 1. The molecule has 0 atom stereocenters. The molecule has 3 aromatic rings. The van der Waals surface area contributed by atoms with Crippen molar-refractivity contribution in [3.8, 4) is 16.5 Å². The molecule has 5 N–H and O–H groups in total. The summed E-state index contributed by atoms with van der Waals surface area (Å²) >= 11 is 2.65. The standard InChI is InChI=1S/C15H12N4O2S2/c1-2-21-15(20)12-11(17)10-9(8-4-3-5-22-8)7(6-16)13(18)19-14(10)23-12/h3-5H,2,17H2,1H3,(H2,18,19)/p+1. The SMILES string of the molecule is CCOC(=O)c1sc2[nH+]c(N)c(C#N)c(-c3cccs3)c2c1N. The van der Waals surface area contributed by atoms with Crippen molar-refractivity contribution in [2.24, 2.45) is 0 Å². The number of hydrogen-bond donors (Lipinski definition) is 2. The second-order valence-corrected chi connectivity index (χ2v) is 6.62. The summed E-state index contributed by atoms with van der Waals surface area (Å²) in [5.74, 6) is -0.228. The number of hydrogen-bond acceptors (Lipinski definition) is 7. The number of anilines is 2. The van der Waals surface area contributed by atoms with Crippen molar-refractivity contribution in [1.29, 1.82) is 5.26 Å². The van der Waals surface area contributed by atoms with Gasteiger partial charge < -0.3 is 10.5 Å². The summed E-state index contributed by atoms with van der Waals surface area (Å²) in [6, 6.07) is 5.89. The highest BCUT2D eigenvalue weighted by atomic mass is 32.1. The average Bonchev–Trinajstić information content (AvgIpc) is 3.15. The molecule has 0 unspecified atom stereocenters. The molecule has 0 aliphatic carbocycles. The van der Waals surface area contributed by atoms with Crippen LogP contribution in [0.1, 0.15) is 22.2 Å². The lowest BCUT2D eigenvalue weighted by Gasteiger charge is -2.04. The lowest BCUT2D eigenvalue weighted by atomic mass is 10.0. The normalized spacial score (nSPS) is 10.6. The van der Waals surface area contributed by atoms with Crippen molar-refractivity contribution >= 4 is 50.4 Å². The number of nitriles is 1. The first-order chi connectivity index (χ1) is 11.1. The number of thiophene rings is 2. The number of fused-ring (bicyclic) bond motifs is 1. The third-order valence-electron chi connectivity index (χ3n) is 3.30. The Bertz CT molecular complexity index is 939. The fraction of sp³-hybridized carbons (Fsp3) is 0.133. The number of rotatable bonds is 3. The van der Waals surface area contributed by atoms with Gasteiger partial charge in [0.15, 0.2) is 10.4 Å². The number of carbonyl (C=O) groups is 1. The molecular weight excluding hydrogens is 332 g/mol. The van der Waals surface area contributed by atoms with Gasteiger partial charge in [0.2, 0.25) is 0 Å². The number of esters is 1. The molecular formula is C15H13N4O2S2+. The van der Waals surface area contributed by atoms with Gasteiger partial charge in [-0.3, -0.25) is 5.73 Å². The van der Waals surface area contributed by atoms with Crippen LogP contribution in [0.2, 0.25) is 0 Å². The van der Waals surface area contributed by atoms with Gasteiger partial charge in [-0.05, 0) is 18.4 Å². The average molecular weight is 345 g/mol. The van der Waals surface area contributed by atoms with E-state index in [1.807, 2.05) is 17.5 Å². The summed E-state index contributed by atoms with van der Waals surface area (Å²) < 4.78 is 5.04. The summed E-state index contributed by atoms with van der Waals surface area (Å²) in [6.07, 6.45) is 0. The monoisotopic (exact) mass is 345 g/mol. The number of aromatic amines is 1. The van der Waals surface area contributed by atoms with Gasteiger partial charge in [-0.2, -0.15) is 5.26 Å². The molecule has 6 nitrogen and oxygen atoms in total. The molecule has 8 heteroatoms. The van der Waals surface area contributed by atoms with Crippen LogP contribution >= 0.6 is 22.7 Å². The van der Waals surface area contributed by atoms with Gasteiger partial charge in [-0.25, -0.2) is 9.78 Å². The van der Waals surface area contributed by atoms with Crippen molar-refractivity contribution in [1.82, 2.24) is 0 Å². The Morgan fingerprint density at radius 3 is 2.87 bits per heavy atom. The lowest BCUT2D eigenvalue weighted by molar-refractivity contribution is -0.323. The number of nitrogens with zero attached hydrogens (tertiary/aromatic N) is 1. The first kappa shape index (κ1) is 15.3. The Labute approximate surface area is 139 Å². The first-order valence-corrected chi connectivity index (χ1v) is 8.45. The number of carbonyl (C=O) groups excluding carboxylic acids is 1. The predicted molar refractivity (Wildman–Crippen MR) is 91.2 cm³/mol. The maximum atomic E-state index is 12.1. The van der Waals surface area contributed by atoms with Crippen molar-refractivity contribution < 1.29 is 14.5 Å². The van der Waals surface area contributed by atoms with Crippen molar-refractivity contribution in [2.45, 2.75) is 6.92 Å². The molecule has 0 saturated heterocycles. The Morgan fingerprint density at radius 2 is 2.26 bits per heavy atom. The van der Waals surface area contributed by atoms with Gasteiger partial charge in [0.25, 0.3) is 5.82 Å². The molecule has 0 aliphatic heterocycles. The summed E-state index contributed by atoms with van der Waals surface area (Å²) in [5.41, 5.74) is 13.4. The van der Waals surface area contributed by atoms with E-state index in [4.69, 9.17) is 16.2 Å². The summed E-state index contributed by atoms with van der Waals surface area (Å²) in [4.78, 5) is 16.9. The van der Waals surface area contributed by atoms with E-state index in [-0.39, 0.29) is 12.4 Å². The number of nitrogen functional groups attached to an aromatic ring is 2. The van der Waals surface area contributed by atoms with E-state index in [1.165, 1.54) is 22.7 Å².